The van der Waals surface area contributed by atoms with Gasteiger partial charge in [0.1, 0.15) is 23.0 Å². The van der Waals surface area contributed by atoms with Crippen LogP contribution in [0.1, 0.15) is 188 Å². The quantitative estimate of drug-likeness (QED) is 0.0189. The summed E-state index contributed by atoms with van der Waals surface area (Å²) in [6, 6.07) is 27.0. The zero-order valence-corrected chi connectivity index (χ0v) is 44.4. The lowest BCUT2D eigenvalue weighted by atomic mass is 10.1. The highest BCUT2D eigenvalue weighted by Gasteiger charge is 2.12. The van der Waals surface area contributed by atoms with Crippen molar-refractivity contribution in [1.82, 2.24) is 0 Å². The van der Waals surface area contributed by atoms with Gasteiger partial charge in [-0.2, -0.15) is 0 Å². The van der Waals surface area contributed by atoms with Crippen molar-refractivity contribution >= 4 is 35.8 Å². The van der Waals surface area contributed by atoms with Crippen LogP contribution in [0.5, 0.6) is 23.0 Å². The van der Waals surface area contributed by atoms with E-state index in [2.05, 4.69) is 27.7 Å². The monoisotopic (exact) mass is 1020 g/mol. The van der Waals surface area contributed by atoms with Crippen molar-refractivity contribution in [2.75, 3.05) is 13.2 Å². The Morgan fingerprint density at radius 1 is 0.311 bits per heavy atom. The highest BCUT2D eigenvalue weighted by Crippen LogP contribution is 2.19. The molecule has 4 aromatic rings. The minimum absolute atomic E-state index is 0.211. The molecule has 12 heteroatoms. The largest absolute Gasteiger partial charge is 0.462 e. The lowest BCUT2D eigenvalue weighted by Crippen LogP contribution is -2.09. The second-order valence-corrected chi connectivity index (χ2v) is 18.1. The van der Waals surface area contributed by atoms with Crippen molar-refractivity contribution in [3.8, 4) is 23.0 Å². The number of esters is 6. The van der Waals surface area contributed by atoms with Gasteiger partial charge in [-0.3, -0.25) is 0 Å². The van der Waals surface area contributed by atoms with Gasteiger partial charge in [0, 0.05) is 24.3 Å². The number of hydrogen-bond acceptors (Lipinski definition) is 12. The molecular weight excluding hydrogens is 937 g/mol. The van der Waals surface area contributed by atoms with Gasteiger partial charge in [-0.1, -0.05) is 155 Å². The molecule has 0 spiro atoms. The molecule has 0 amide bonds. The number of rotatable bonds is 34. The number of hydrogen-bond donors (Lipinski definition) is 0. The first-order chi connectivity index (χ1) is 36.0. The Balaban J connectivity index is 0.000000395. The average Bonchev–Trinajstić information content (AvgIpc) is 3.40. The van der Waals surface area contributed by atoms with Gasteiger partial charge in [0.05, 0.1) is 24.3 Å². The first kappa shape index (κ1) is 61.5. The van der Waals surface area contributed by atoms with Gasteiger partial charge in [0.15, 0.2) is 0 Å². The molecule has 0 saturated heterocycles. The summed E-state index contributed by atoms with van der Waals surface area (Å²) in [5.41, 5.74) is 3.18. The molecule has 0 saturated carbocycles. The third kappa shape index (κ3) is 28.4. The summed E-state index contributed by atoms with van der Waals surface area (Å²) >= 11 is 0. The van der Waals surface area contributed by atoms with Gasteiger partial charge >= 0.3 is 35.8 Å². The van der Waals surface area contributed by atoms with E-state index in [9.17, 15) is 28.8 Å². The lowest BCUT2D eigenvalue weighted by Gasteiger charge is -2.06. The Morgan fingerprint density at radius 2 is 0.554 bits per heavy atom. The summed E-state index contributed by atoms with van der Waals surface area (Å²) in [4.78, 5) is 72.4. The molecule has 0 N–H and O–H groups in total. The van der Waals surface area contributed by atoms with Crippen molar-refractivity contribution < 1.29 is 57.2 Å². The van der Waals surface area contributed by atoms with Crippen molar-refractivity contribution in [3.05, 3.63) is 144 Å². The van der Waals surface area contributed by atoms with Crippen LogP contribution in [0.15, 0.2) is 121 Å². The molecule has 0 aromatic heterocycles. The summed E-state index contributed by atoms with van der Waals surface area (Å²) in [5.74, 6) is -2.31. The molecular formula is C62H80O12. The number of carbonyl (C=O) groups excluding carboxylic acids is 6. The fourth-order valence-electron chi connectivity index (χ4n) is 7.41. The van der Waals surface area contributed by atoms with Crippen LogP contribution in [-0.4, -0.2) is 49.0 Å². The van der Waals surface area contributed by atoms with Crippen LogP contribution >= 0.6 is 0 Å². The minimum atomic E-state index is -0.785. The van der Waals surface area contributed by atoms with Crippen molar-refractivity contribution in [2.45, 2.75) is 169 Å². The van der Waals surface area contributed by atoms with Crippen molar-refractivity contribution in [2.24, 2.45) is 0 Å². The first-order valence-electron chi connectivity index (χ1n) is 27.0. The Kier molecular flexibility index (Phi) is 32.2. The van der Waals surface area contributed by atoms with Gasteiger partial charge in [0.2, 0.25) is 0 Å². The average molecular weight is 1020 g/mol. The van der Waals surface area contributed by atoms with Crippen LogP contribution in [0.25, 0.3) is 0 Å². The van der Waals surface area contributed by atoms with E-state index < -0.39 is 35.8 Å². The van der Waals surface area contributed by atoms with Crippen LogP contribution in [0.3, 0.4) is 0 Å². The van der Waals surface area contributed by atoms with Gasteiger partial charge in [-0.05, 0) is 122 Å². The van der Waals surface area contributed by atoms with Crippen LogP contribution in [-0.2, 0) is 41.5 Å². The second kappa shape index (κ2) is 38.8. The maximum atomic E-state index is 12.1. The summed E-state index contributed by atoms with van der Waals surface area (Å²) < 4.78 is 31.4. The molecule has 0 atom stereocenters. The topological polar surface area (TPSA) is 158 Å². The van der Waals surface area contributed by atoms with Gasteiger partial charge in [-0.25, -0.2) is 28.8 Å². The third-order valence-electron chi connectivity index (χ3n) is 11.7. The molecule has 400 valence electrons. The van der Waals surface area contributed by atoms with Gasteiger partial charge in [0.25, 0.3) is 0 Å². The van der Waals surface area contributed by atoms with Crippen LogP contribution in [0.4, 0.5) is 0 Å². The Labute approximate surface area is 440 Å². The molecule has 12 nitrogen and oxygen atoms in total. The van der Waals surface area contributed by atoms with Gasteiger partial charge in [-0.15, -0.1) is 0 Å². The SMILES string of the molecule is CCCCCCCOC(=O)c1ccc(OC(=O)/C=C\C(=O)Oc2ccc(C(=O)OCCCCCCC)cc2)cc1.CCCCCCCc1ccc(OC(=O)/C=C\C(=O)Oc2ccc(CCCCCCC)cc2)cc1. The number of unbranched alkanes of at least 4 members (excludes halogenated alkanes) is 16. The second-order valence-electron chi connectivity index (χ2n) is 18.1. The summed E-state index contributed by atoms with van der Waals surface area (Å²) in [6.45, 7) is 9.46. The lowest BCUT2D eigenvalue weighted by molar-refractivity contribution is -0.131. The maximum absolute atomic E-state index is 12.1. The number of aryl methyl sites for hydroxylation is 2. The molecule has 0 radical (unpaired) electrons. The van der Waals surface area contributed by atoms with E-state index in [1.807, 2.05) is 24.3 Å². The van der Waals surface area contributed by atoms with Crippen LogP contribution in [0, 0.1) is 0 Å². The molecule has 0 bridgehead atoms. The minimum Gasteiger partial charge on any atom is -0.462 e. The number of carbonyl (C=O) groups is 6. The van der Waals surface area contributed by atoms with Crippen LogP contribution in [0.2, 0.25) is 0 Å². The molecule has 4 aromatic carbocycles. The fraction of sp³-hybridized carbons (Fsp3) is 0.452. The summed E-state index contributed by atoms with van der Waals surface area (Å²) in [7, 11) is 0. The van der Waals surface area contributed by atoms with Crippen LogP contribution < -0.4 is 18.9 Å². The van der Waals surface area contributed by atoms with E-state index in [0.29, 0.717) is 35.8 Å². The smallest absolute Gasteiger partial charge is 0.338 e. The van der Waals surface area contributed by atoms with E-state index in [-0.39, 0.29) is 11.5 Å². The Morgan fingerprint density at radius 3 is 0.824 bits per heavy atom. The molecule has 4 rings (SSSR count). The summed E-state index contributed by atoms with van der Waals surface area (Å²) in [5, 5.41) is 0. The maximum Gasteiger partial charge on any atom is 0.338 e. The fourth-order valence-corrected chi connectivity index (χ4v) is 7.41. The number of ether oxygens (including phenoxy) is 6. The van der Waals surface area contributed by atoms with Gasteiger partial charge < -0.3 is 28.4 Å². The molecule has 0 aliphatic rings. The molecule has 0 heterocycles. The highest BCUT2D eigenvalue weighted by atomic mass is 16.6. The van der Waals surface area contributed by atoms with E-state index in [1.165, 1.54) is 137 Å². The zero-order valence-electron chi connectivity index (χ0n) is 44.4. The molecule has 0 fully saturated rings. The summed E-state index contributed by atoms with van der Waals surface area (Å²) in [6.07, 6.45) is 29.3. The highest BCUT2D eigenvalue weighted by molar-refractivity contribution is 5.95. The molecule has 0 aliphatic heterocycles. The Hall–Kier alpha value is -6.82. The molecule has 74 heavy (non-hydrogen) atoms. The standard InChI is InChI=1S/C32H40O8.C30H40O4/c1-3-5-7-9-11-23-37-31(35)25-13-17-27(18-14-25)39-29(33)21-22-30(34)40-28-19-15-26(16-20-28)32(36)38-24-12-10-8-6-4-2;1-3-5-7-9-11-13-25-15-19-27(20-16-25)33-29(31)23-24-30(32)34-28-21-17-26(18-22-28)14-12-10-8-6-4-2/h13-22H,3-12,23-24H2,1-2H3;15-24H,3-14H2,1-2H3/b22-21-;24-23-. The predicted molar refractivity (Wildman–Crippen MR) is 290 cm³/mol. The van der Waals surface area contributed by atoms with Crippen molar-refractivity contribution in [1.29, 1.82) is 0 Å². The number of benzene rings is 4. The predicted octanol–water partition coefficient (Wildman–Crippen LogP) is 14.8. The molecule has 0 aliphatic carbocycles. The molecule has 0 unspecified atom stereocenters. The zero-order chi connectivity index (χ0) is 53.4. The normalized spacial score (nSPS) is 10.9. The van der Waals surface area contributed by atoms with E-state index in [0.717, 1.165) is 88.5 Å². The van der Waals surface area contributed by atoms with Crippen molar-refractivity contribution in [3.63, 3.8) is 0 Å². The Bertz CT molecular complexity index is 2120. The third-order valence-corrected chi connectivity index (χ3v) is 11.7. The van der Waals surface area contributed by atoms with E-state index in [4.69, 9.17) is 28.4 Å². The first-order valence-corrected chi connectivity index (χ1v) is 27.0. The van der Waals surface area contributed by atoms with E-state index >= 15 is 0 Å². The van der Waals surface area contributed by atoms with E-state index in [1.54, 1.807) is 24.3 Å².